The number of rotatable bonds is 6. The van der Waals surface area contributed by atoms with Gasteiger partial charge in [0.2, 0.25) is 10.0 Å². The van der Waals surface area contributed by atoms with Gasteiger partial charge in [-0.1, -0.05) is 19.3 Å². The first-order valence-corrected chi connectivity index (χ1v) is 11.1. The number of aliphatic hydroxyl groups excluding tert-OH is 1. The van der Waals surface area contributed by atoms with Gasteiger partial charge in [0.15, 0.2) is 0 Å². The summed E-state index contributed by atoms with van der Waals surface area (Å²) in [5.74, 6) is 1.12. The Bertz CT molecular complexity index is 407. The standard InChI is InChI=1S/C15H29NO3S2/c1-21(18,19)16-9-5-6-13(11-16)10-14(17)12-20-15-7-3-2-4-8-15/h13-15,17H,2-12H2,1H3. The second kappa shape index (κ2) is 8.18. The third kappa shape index (κ3) is 6.08. The molecule has 2 fully saturated rings. The number of sulfonamides is 1. The highest BCUT2D eigenvalue weighted by Crippen LogP contribution is 2.30. The number of aliphatic hydroxyl groups is 1. The van der Waals surface area contributed by atoms with E-state index in [-0.39, 0.29) is 6.10 Å². The van der Waals surface area contributed by atoms with E-state index in [0.717, 1.165) is 30.3 Å². The number of hydrogen-bond acceptors (Lipinski definition) is 4. The van der Waals surface area contributed by atoms with Gasteiger partial charge in [0.05, 0.1) is 12.4 Å². The summed E-state index contributed by atoms with van der Waals surface area (Å²) in [7, 11) is -3.08. The van der Waals surface area contributed by atoms with Gasteiger partial charge in [-0.15, -0.1) is 0 Å². The van der Waals surface area contributed by atoms with Crippen molar-refractivity contribution in [2.75, 3.05) is 25.1 Å². The molecule has 6 heteroatoms. The van der Waals surface area contributed by atoms with Gasteiger partial charge in [-0.25, -0.2) is 12.7 Å². The monoisotopic (exact) mass is 335 g/mol. The Labute approximate surface area is 133 Å². The maximum Gasteiger partial charge on any atom is 0.211 e. The lowest BCUT2D eigenvalue weighted by molar-refractivity contribution is 0.140. The summed E-state index contributed by atoms with van der Waals surface area (Å²) in [5.41, 5.74) is 0. The molecule has 4 nitrogen and oxygen atoms in total. The van der Waals surface area contributed by atoms with Crippen LogP contribution in [0.3, 0.4) is 0 Å². The average molecular weight is 336 g/mol. The molecule has 0 bridgehead atoms. The van der Waals surface area contributed by atoms with Crippen LogP contribution in [0.1, 0.15) is 51.4 Å². The van der Waals surface area contributed by atoms with Crippen molar-refractivity contribution in [1.29, 1.82) is 0 Å². The molecule has 1 aliphatic heterocycles. The molecule has 0 spiro atoms. The van der Waals surface area contributed by atoms with E-state index in [1.165, 1.54) is 38.4 Å². The van der Waals surface area contributed by atoms with Crippen LogP contribution in [0, 0.1) is 5.92 Å². The number of piperidine rings is 1. The molecule has 2 atom stereocenters. The van der Waals surface area contributed by atoms with E-state index < -0.39 is 10.0 Å². The molecular weight excluding hydrogens is 306 g/mol. The lowest BCUT2D eigenvalue weighted by atomic mass is 9.94. The van der Waals surface area contributed by atoms with Gasteiger partial charge in [-0.2, -0.15) is 11.8 Å². The minimum absolute atomic E-state index is 0.290. The van der Waals surface area contributed by atoms with Crippen molar-refractivity contribution >= 4 is 21.8 Å². The van der Waals surface area contributed by atoms with Crippen LogP contribution in [-0.4, -0.2) is 54.3 Å². The Balaban J connectivity index is 1.70. The van der Waals surface area contributed by atoms with Crippen molar-refractivity contribution in [2.24, 2.45) is 5.92 Å². The van der Waals surface area contributed by atoms with E-state index in [9.17, 15) is 13.5 Å². The fourth-order valence-electron chi connectivity index (χ4n) is 3.45. The van der Waals surface area contributed by atoms with Crippen LogP contribution < -0.4 is 0 Å². The highest BCUT2D eigenvalue weighted by Gasteiger charge is 2.27. The topological polar surface area (TPSA) is 57.6 Å². The van der Waals surface area contributed by atoms with E-state index in [1.54, 1.807) is 4.31 Å². The summed E-state index contributed by atoms with van der Waals surface area (Å²) in [6.45, 7) is 1.23. The molecule has 124 valence electrons. The Morgan fingerprint density at radius 3 is 2.57 bits per heavy atom. The van der Waals surface area contributed by atoms with Gasteiger partial charge in [-0.3, -0.25) is 0 Å². The average Bonchev–Trinajstić information content (AvgIpc) is 2.46. The smallest absolute Gasteiger partial charge is 0.211 e. The minimum atomic E-state index is -3.08. The predicted octanol–water partition coefficient (Wildman–Crippen LogP) is 2.47. The summed E-state index contributed by atoms with van der Waals surface area (Å²) in [5, 5.41) is 11.0. The summed E-state index contributed by atoms with van der Waals surface area (Å²) in [6, 6.07) is 0. The third-order valence-corrected chi connectivity index (χ3v) is 7.42. The summed E-state index contributed by atoms with van der Waals surface area (Å²) in [6.07, 6.45) is 10.3. The molecule has 1 N–H and O–H groups in total. The number of thioether (sulfide) groups is 1. The SMILES string of the molecule is CS(=O)(=O)N1CCCC(CC(O)CSC2CCCCC2)C1. The highest BCUT2D eigenvalue weighted by molar-refractivity contribution is 7.99. The maximum atomic E-state index is 11.6. The molecular formula is C15H29NO3S2. The van der Waals surface area contributed by atoms with E-state index in [4.69, 9.17) is 0 Å². The highest BCUT2D eigenvalue weighted by atomic mass is 32.2. The van der Waals surface area contributed by atoms with Crippen molar-refractivity contribution in [1.82, 2.24) is 4.31 Å². The van der Waals surface area contributed by atoms with Gasteiger partial charge in [0.1, 0.15) is 0 Å². The minimum Gasteiger partial charge on any atom is -0.392 e. The molecule has 1 heterocycles. The second-order valence-electron chi connectivity index (χ2n) is 6.61. The van der Waals surface area contributed by atoms with E-state index in [0.29, 0.717) is 19.0 Å². The zero-order valence-electron chi connectivity index (χ0n) is 13.0. The van der Waals surface area contributed by atoms with E-state index in [2.05, 4.69) is 0 Å². The first-order chi connectivity index (χ1) is 9.95. The molecule has 2 unspecified atom stereocenters. The second-order valence-corrected chi connectivity index (χ2v) is 9.93. The Kier molecular flexibility index (Phi) is 6.84. The fourth-order valence-corrected chi connectivity index (χ4v) is 5.69. The van der Waals surface area contributed by atoms with Crippen LogP contribution in [0.15, 0.2) is 0 Å². The summed E-state index contributed by atoms with van der Waals surface area (Å²) >= 11 is 1.92. The van der Waals surface area contributed by atoms with Crippen LogP contribution in [0.25, 0.3) is 0 Å². The number of hydrogen-bond donors (Lipinski definition) is 1. The van der Waals surface area contributed by atoms with E-state index >= 15 is 0 Å². The quantitative estimate of drug-likeness (QED) is 0.810. The lowest BCUT2D eigenvalue weighted by Gasteiger charge is -2.32. The van der Waals surface area contributed by atoms with Crippen LogP contribution in [-0.2, 0) is 10.0 Å². The van der Waals surface area contributed by atoms with Gasteiger partial charge >= 0.3 is 0 Å². The van der Waals surface area contributed by atoms with E-state index in [1.807, 2.05) is 11.8 Å². The Morgan fingerprint density at radius 1 is 1.19 bits per heavy atom. The van der Waals surface area contributed by atoms with Crippen LogP contribution in [0.5, 0.6) is 0 Å². The predicted molar refractivity (Wildman–Crippen MR) is 89.1 cm³/mol. The molecule has 0 aromatic heterocycles. The van der Waals surface area contributed by atoms with Crippen molar-refractivity contribution in [3.8, 4) is 0 Å². The molecule has 2 rings (SSSR count). The first-order valence-electron chi connectivity index (χ1n) is 8.20. The Hall–Kier alpha value is 0.220. The van der Waals surface area contributed by atoms with Crippen molar-refractivity contribution in [3.63, 3.8) is 0 Å². The van der Waals surface area contributed by atoms with Crippen LogP contribution in [0.4, 0.5) is 0 Å². The molecule has 1 saturated heterocycles. The molecule has 1 aliphatic carbocycles. The maximum absolute atomic E-state index is 11.6. The molecule has 0 amide bonds. The molecule has 21 heavy (non-hydrogen) atoms. The largest absolute Gasteiger partial charge is 0.392 e. The fraction of sp³-hybridized carbons (Fsp3) is 1.00. The van der Waals surface area contributed by atoms with Crippen molar-refractivity contribution in [3.05, 3.63) is 0 Å². The zero-order chi connectivity index (χ0) is 15.3. The summed E-state index contributed by atoms with van der Waals surface area (Å²) in [4.78, 5) is 0. The number of nitrogens with zero attached hydrogens (tertiary/aromatic N) is 1. The van der Waals surface area contributed by atoms with Crippen molar-refractivity contribution in [2.45, 2.75) is 62.7 Å². The molecule has 1 saturated carbocycles. The van der Waals surface area contributed by atoms with Gasteiger partial charge in [-0.05, 0) is 38.0 Å². The third-order valence-electron chi connectivity index (χ3n) is 4.63. The molecule has 0 aromatic carbocycles. The zero-order valence-corrected chi connectivity index (χ0v) is 14.7. The van der Waals surface area contributed by atoms with Gasteiger partial charge in [0, 0.05) is 24.1 Å². The molecule has 0 aromatic rings. The van der Waals surface area contributed by atoms with Crippen molar-refractivity contribution < 1.29 is 13.5 Å². The van der Waals surface area contributed by atoms with Gasteiger partial charge in [0.25, 0.3) is 0 Å². The molecule has 0 radical (unpaired) electrons. The van der Waals surface area contributed by atoms with Gasteiger partial charge < -0.3 is 5.11 Å². The summed E-state index contributed by atoms with van der Waals surface area (Å²) < 4.78 is 24.8. The lowest BCUT2D eigenvalue weighted by Crippen LogP contribution is -2.40. The first kappa shape index (κ1) is 17.6. The normalized spacial score (nSPS) is 27.6. The molecule has 2 aliphatic rings. The van der Waals surface area contributed by atoms with Crippen LogP contribution in [0.2, 0.25) is 0 Å². The Morgan fingerprint density at radius 2 is 1.90 bits per heavy atom. The van der Waals surface area contributed by atoms with Crippen LogP contribution >= 0.6 is 11.8 Å².